The van der Waals surface area contributed by atoms with E-state index in [0.717, 1.165) is 19.5 Å². The number of nitrogens with one attached hydrogen (secondary N) is 1. The summed E-state index contributed by atoms with van der Waals surface area (Å²) in [6.07, 6.45) is 1.11. The first-order valence-electron chi connectivity index (χ1n) is 7.56. The lowest BCUT2D eigenvalue weighted by molar-refractivity contribution is -0.137. The number of rotatable bonds is 8. The van der Waals surface area contributed by atoms with Crippen LogP contribution in [0.5, 0.6) is 0 Å². The molecule has 0 aliphatic carbocycles. The van der Waals surface area contributed by atoms with Crippen molar-refractivity contribution in [3.05, 3.63) is 29.8 Å². The lowest BCUT2D eigenvalue weighted by Crippen LogP contribution is -2.39. The molecule has 0 fully saturated rings. The van der Waals surface area contributed by atoms with Gasteiger partial charge in [0.25, 0.3) is 0 Å². The highest BCUT2D eigenvalue weighted by Gasteiger charge is 2.17. The number of hydrogen-bond acceptors (Lipinski definition) is 4. The predicted molar refractivity (Wildman–Crippen MR) is 85.1 cm³/mol. The van der Waals surface area contributed by atoms with Gasteiger partial charge in [-0.1, -0.05) is 18.2 Å². The van der Waals surface area contributed by atoms with E-state index in [1.54, 1.807) is 11.9 Å². The highest BCUT2D eigenvalue weighted by molar-refractivity contribution is 5.78. The van der Waals surface area contributed by atoms with Crippen LogP contribution in [0.25, 0.3) is 0 Å². The largest absolute Gasteiger partial charge is 0.481 e. The summed E-state index contributed by atoms with van der Waals surface area (Å²) in [6.45, 7) is 2.99. The Morgan fingerprint density at radius 1 is 1.36 bits per heavy atom. The highest BCUT2D eigenvalue weighted by atomic mass is 16.4. The molecule has 0 unspecified atom stereocenters. The zero-order valence-electron chi connectivity index (χ0n) is 12.9. The average molecular weight is 305 g/mol. The van der Waals surface area contributed by atoms with Gasteiger partial charge in [-0.05, 0) is 25.1 Å². The van der Waals surface area contributed by atoms with Crippen molar-refractivity contribution in [3.63, 3.8) is 0 Å². The third-order valence-corrected chi connectivity index (χ3v) is 3.81. The molecule has 1 aromatic carbocycles. The maximum absolute atomic E-state index is 11.8. The number of nitrogens with zero attached hydrogens (tertiary/aromatic N) is 2. The lowest BCUT2D eigenvalue weighted by atomic mass is 10.2. The molecule has 2 rings (SSSR count). The number of aliphatic carboxylic acids is 1. The van der Waals surface area contributed by atoms with Gasteiger partial charge in [-0.3, -0.25) is 14.5 Å². The molecule has 0 bridgehead atoms. The number of carbonyl (C=O) groups is 2. The minimum atomic E-state index is -0.847. The van der Waals surface area contributed by atoms with Crippen LogP contribution in [0.15, 0.2) is 24.3 Å². The average Bonchev–Trinajstić information content (AvgIpc) is 2.89. The highest BCUT2D eigenvalue weighted by Crippen LogP contribution is 2.26. The SMILES string of the molecule is CN(CCC(=O)O)CC(=O)NCCN1CCc2ccccc21. The number of carboxylic acids is 1. The Morgan fingerprint density at radius 3 is 2.91 bits per heavy atom. The van der Waals surface area contributed by atoms with E-state index >= 15 is 0 Å². The molecule has 0 saturated carbocycles. The van der Waals surface area contributed by atoms with Gasteiger partial charge in [0.15, 0.2) is 0 Å². The minimum Gasteiger partial charge on any atom is -0.481 e. The summed E-state index contributed by atoms with van der Waals surface area (Å²) in [5, 5.41) is 11.5. The predicted octanol–water partition coefficient (Wildman–Crippen LogP) is 0.572. The first kappa shape index (κ1) is 16.3. The van der Waals surface area contributed by atoms with E-state index < -0.39 is 5.97 Å². The molecule has 1 aromatic rings. The van der Waals surface area contributed by atoms with Crippen molar-refractivity contribution in [1.82, 2.24) is 10.2 Å². The summed E-state index contributed by atoms with van der Waals surface area (Å²) in [7, 11) is 1.75. The van der Waals surface area contributed by atoms with E-state index in [2.05, 4.69) is 28.4 Å². The van der Waals surface area contributed by atoms with Crippen molar-refractivity contribution in [2.75, 3.05) is 44.7 Å². The summed E-state index contributed by atoms with van der Waals surface area (Å²) in [6, 6.07) is 8.35. The van der Waals surface area contributed by atoms with Crippen LogP contribution in [-0.2, 0) is 16.0 Å². The van der Waals surface area contributed by atoms with Crippen molar-refractivity contribution in [1.29, 1.82) is 0 Å². The monoisotopic (exact) mass is 305 g/mol. The Balaban J connectivity index is 1.67. The molecule has 0 saturated heterocycles. The fourth-order valence-corrected chi connectivity index (χ4v) is 2.64. The van der Waals surface area contributed by atoms with Crippen LogP contribution in [0.2, 0.25) is 0 Å². The number of benzene rings is 1. The van der Waals surface area contributed by atoms with Crippen LogP contribution in [0.3, 0.4) is 0 Å². The summed E-state index contributed by atoms with van der Waals surface area (Å²) < 4.78 is 0. The number of hydrogen-bond donors (Lipinski definition) is 2. The van der Waals surface area contributed by atoms with E-state index in [4.69, 9.17) is 5.11 Å². The number of para-hydroxylation sites is 1. The second-order valence-electron chi connectivity index (χ2n) is 5.60. The molecule has 0 atom stereocenters. The van der Waals surface area contributed by atoms with E-state index in [0.29, 0.717) is 13.1 Å². The van der Waals surface area contributed by atoms with Crippen molar-refractivity contribution in [2.45, 2.75) is 12.8 Å². The normalized spacial score (nSPS) is 13.3. The van der Waals surface area contributed by atoms with Crippen LogP contribution in [-0.4, -0.2) is 61.7 Å². The number of amides is 1. The van der Waals surface area contributed by atoms with Gasteiger partial charge in [-0.2, -0.15) is 0 Å². The molecule has 2 N–H and O–H groups in total. The van der Waals surface area contributed by atoms with E-state index in [9.17, 15) is 9.59 Å². The van der Waals surface area contributed by atoms with Gasteiger partial charge in [0, 0.05) is 31.9 Å². The van der Waals surface area contributed by atoms with Gasteiger partial charge in [0.1, 0.15) is 0 Å². The second-order valence-corrected chi connectivity index (χ2v) is 5.60. The number of carbonyl (C=O) groups excluding carboxylic acids is 1. The Labute approximate surface area is 130 Å². The van der Waals surface area contributed by atoms with Gasteiger partial charge in [-0.15, -0.1) is 0 Å². The van der Waals surface area contributed by atoms with Crippen molar-refractivity contribution < 1.29 is 14.7 Å². The Kier molecular flexibility index (Phi) is 5.77. The first-order valence-corrected chi connectivity index (χ1v) is 7.56. The fourth-order valence-electron chi connectivity index (χ4n) is 2.64. The molecule has 1 amide bonds. The van der Waals surface area contributed by atoms with Crippen LogP contribution >= 0.6 is 0 Å². The molecule has 22 heavy (non-hydrogen) atoms. The molecule has 6 heteroatoms. The molecular formula is C16H23N3O3. The molecule has 6 nitrogen and oxygen atoms in total. The molecule has 1 aliphatic heterocycles. The maximum Gasteiger partial charge on any atom is 0.304 e. The third-order valence-electron chi connectivity index (χ3n) is 3.81. The van der Waals surface area contributed by atoms with Crippen LogP contribution in [0, 0.1) is 0 Å². The van der Waals surface area contributed by atoms with Crippen LogP contribution in [0.4, 0.5) is 5.69 Å². The summed E-state index contributed by atoms with van der Waals surface area (Å²) in [5.41, 5.74) is 2.62. The van der Waals surface area contributed by atoms with Gasteiger partial charge < -0.3 is 15.3 Å². The Hall–Kier alpha value is -2.08. The third kappa shape index (κ3) is 4.73. The standard InChI is InChI=1S/C16H23N3O3/c1-18(9-7-16(21)22)12-15(20)17-8-11-19-10-6-13-4-2-3-5-14(13)19/h2-5H,6-12H2,1H3,(H,17,20)(H,21,22). The number of anilines is 1. The maximum atomic E-state index is 11.8. The molecule has 1 aliphatic rings. The number of likely N-dealkylation sites (N-methyl/N-ethyl adjacent to an activating group) is 1. The molecule has 0 aromatic heterocycles. The summed E-state index contributed by atoms with van der Waals surface area (Å²) in [4.78, 5) is 26.3. The minimum absolute atomic E-state index is 0.0499. The van der Waals surface area contributed by atoms with Crippen LogP contribution in [0.1, 0.15) is 12.0 Å². The van der Waals surface area contributed by atoms with Gasteiger partial charge in [0.05, 0.1) is 13.0 Å². The summed E-state index contributed by atoms with van der Waals surface area (Å²) in [5.74, 6) is -0.916. The molecule has 1 heterocycles. The van der Waals surface area contributed by atoms with Crippen LogP contribution < -0.4 is 10.2 Å². The van der Waals surface area contributed by atoms with Gasteiger partial charge in [0.2, 0.25) is 5.91 Å². The molecule has 0 spiro atoms. The fraction of sp³-hybridized carbons (Fsp3) is 0.500. The number of fused-ring (bicyclic) bond motifs is 1. The van der Waals surface area contributed by atoms with E-state index in [1.165, 1.54) is 11.3 Å². The first-order chi connectivity index (χ1) is 10.6. The second kappa shape index (κ2) is 7.79. The quantitative estimate of drug-likeness (QED) is 0.735. The Morgan fingerprint density at radius 2 is 2.14 bits per heavy atom. The topological polar surface area (TPSA) is 72.9 Å². The zero-order chi connectivity index (χ0) is 15.9. The smallest absolute Gasteiger partial charge is 0.304 e. The van der Waals surface area contributed by atoms with Crippen molar-refractivity contribution in [2.24, 2.45) is 0 Å². The molecule has 0 radical (unpaired) electrons. The van der Waals surface area contributed by atoms with E-state index in [1.807, 2.05) is 6.07 Å². The van der Waals surface area contributed by atoms with Gasteiger partial charge in [-0.25, -0.2) is 0 Å². The van der Waals surface area contributed by atoms with Crippen molar-refractivity contribution in [3.8, 4) is 0 Å². The van der Waals surface area contributed by atoms with E-state index in [-0.39, 0.29) is 18.9 Å². The zero-order valence-corrected chi connectivity index (χ0v) is 12.9. The van der Waals surface area contributed by atoms with Crippen molar-refractivity contribution >= 4 is 17.6 Å². The Bertz CT molecular complexity index is 533. The number of carboxylic acid groups (broad SMARTS) is 1. The summed E-state index contributed by atoms with van der Waals surface area (Å²) >= 11 is 0. The molecular weight excluding hydrogens is 282 g/mol. The van der Waals surface area contributed by atoms with Gasteiger partial charge >= 0.3 is 5.97 Å². The lowest BCUT2D eigenvalue weighted by Gasteiger charge is -2.20. The molecule has 120 valence electrons.